The van der Waals surface area contributed by atoms with Crippen LogP contribution in [0.3, 0.4) is 0 Å². The molecule has 3 heterocycles. The molecule has 5 amide bonds. The summed E-state index contributed by atoms with van der Waals surface area (Å²) in [4.78, 5) is 64.3. The fourth-order valence-corrected chi connectivity index (χ4v) is 10.1. The minimum Gasteiger partial charge on any atom is -0.496 e. The number of aryl methyl sites for hydroxylation is 1. The Hall–Kier alpha value is -4.77. The number of carbonyl (C=O) groups is 4. The van der Waals surface area contributed by atoms with E-state index >= 15 is 0 Å². The van der Waals surface area contributed by atoms with Crippen molar-refractivity contribution < 1.29 is 37.1 Å². The van der Waals surface area contributed by atoms with Gasteiger partial charge in [0.25, 0.3) is 5.91 Å². The number of pyridine rings is 1. The Morgan fingerprint density at radius 1 is 1.10 bits per heavy atom. The van der Waals surface area contributed by atoms with Crippen molar-refractivity contribution in [1.82, 2.24) is 35.1 Å². The van der Waals surface area contributed by atoms with Crippen molar-refractivity contribution in [2.24, 2.45) is 5.92 Å². The van der Waals surface area contributed by atoms with Crippen LogP contribution in [0.1, 0.15) is 94.7 Å². The van der Waals surface area contributed by atoms with E-state index in [4.69, 9.17) is 19.4 Å². The largest absolute Gasteiger partial charge is 0.496 e. The number of hydrogen-bond donors (Lipinski definition) is 3. The highest BCUT2D eigenvalue weighted by molar-refractivity contribution is 7.91. The van der Waals surface area contributed by atoms with Crippen LogP contribution in [-0.4, -0.2) is 109 Å². The zero-order valence-corrected chi connectivity index (χ0v) is 36.0. The molecular formula is C42H55N7O8S2. The van der Waals surface area contributed by atoms with Crippen molar-refractivity contribution in [2.75, 3.05) is 27.7 Å². The predicted octanol–water partition coefficient (Wildman–Crippen LogP) is 5.18. The minimum atomic E-state index is -3.73. The Kier molecular flexibility index (Phi) is 12.5. The summed E-state index contributed by atoms with van der Waals surface area (Å²) in [6.07, 6.45) is 11.7. The lowest BCUT2D eigenvalue weighted by Crippen LogP contribution is -2.52. The molecule has 1 aromatic carbocycles. The third kappa shape index (κ3) is 9.51. The number of hydrogen-bond acceptors (Lipinski definition) is 11. The number of methoxy groups -OCH3 is 1. The van der Waals surface area contributed by atoms with Gasteiger partial charge in [0.1, 0.15) is 39.9 Å². The van der Waals surface area contributed by atoms with Crippen molar-refractivity contribution in [3.05, 3.63) is 47.0 Å². The number of amides is 5. The van der Waals surface area contributed by atoms with Crippen molar-refractivity contribution in [3.8, 4) is 22.2 Å². The number of aromatic nitrogens is 2. The van der Waals surface area contributed by atoms with Gasteiger partial charge in [-0.15, -0.1) is 11.3 Å². The Bertz CT molecular complexity index is 2220. The number of allylic oxidation sites excluding steroid dienone is 1. The van der Waals surface area contributed by atoms with Gasteiger partial charge >= 0.3 is 6.03 Å². The Morgan fingerprint density at radius 3 is 2.58 bits per heavy atom. The number of likely N-dealkylation sites (tertiary alicyclic amines) is 1. The molecular weight excluding hydrogens is 795 g/mol. The number of carbonyl (C=O) groups excluding carboxylic acids is 4. The van der Waals surface area contributed by atoms with E-state index in [0.717, 1.165) is 51.5 Å². The second-order valence-electron chi connectivity index (χ2n) is 16.6. The number of benzene rings is 1. The number of fused-ring (bicyclic) bond motifs is 1. The highest BCUT2D eigenvalue weighted by Gasteiger charge is 2.60. The van der Waals surface area contributed by atoms with Gasteiger partial charge in [-0.2, -0.15) is 0 Å². The van der Waals surface area contributed by atoms with Gasteiger partial charge in [0, 0.05) is 60.8 Å². The van der Waals surface area contributed by atoms with Gasteiger partial charge in [-0.3, -0.25) is 19.1 Å². The molecule has 17 heteroatoms. The van der Waals surface area contributed by atoms with Crippen LogP contribution >= 0.6 is 11.3 Å². The van der Waals surface area contributed by atoms with Crippen molar-refractivity contribution in [2.45, 2.75) is 119 Å². The maximum absolute atomic E-state index is 14.2. The number of nitrogens with zero attached hydrogens (tertiary/aromatic N) is 4. The van der Waals surface area contributed by atoms with Crippen LogP contribution < -0.4 is 24.8 Å². The molecule has 7 rings (SSSR count). The summed E-state index contributed by atoms with van der Waals surface area (Å²) < 4.78 is 39.2. The van der Waals surface area contributed by atoms with E-state index in [-0.39, 0.29) is 30.0 Å². The second kappa shape index (κ2) is 17.4. The fraction of sp³-hybridized carbons (Fsp3) is 0.571. The van der Waals surface area contributed by atoms with E-state index in [0.29, 0.717) is 69.6 Å². The van der Waals surface area contributed by atoms with E-state index in [1.165, 1.54) is 17.7 Å². The quantitative estimate of drug-likeness (QED) is 0.0824. The monoisotopic (exact) mass is 849 g/mol. The Balaban J connectivity index is 0.961. The van der Waals surface area contributed by atoms with Crippen molar-refractivity contribution >= 4 is 56.5 Å². The van der Waals surface area contributed by atoms with Gasteiger partial charge in [-0.25, -0.2) is 23.2 Å². The zero-order chi connectivity index (χ0) is 42.1. The van der Waals surface area contributed by atoms with E-state index in [9.17, 15) is 27.6 Å². The summed E-state index contributed by atoms with van der Waals surface area (Å²) in [5.41, 5.74) is 2.28. The molecule has 59 heavy (non-hydrogen) atoms. The summed E-state index contributed by atoms with van der Waals surface area (Å²) in [5, 5.41) is 8.76. The van der Waals surface area contributed by atoms with Gasteiger partial charge in [-0.05, 0) is 77.3 Å². The smallest absolute Gasteiger partial charge is 0.317 e. The molecule has 2 aromatic heterocycles. The molecule has 3 saturated carbocycles. The van der Waals surface area contributed by atoms with Crippen LogP contribution in [-0.2, 0) is 24.4 Å². The highest BCUT2D eigenvalue weighted by Crippen LogP contribution is 2.46. The summed E-state index contributed by atoms with van der Waals surface area (Å²) in [6, 6.07) is 4.65. The van der Waals surface area contributed by atoms with Crippen LogP contribution in [0.25, 0.3) is 21.6 Å². The topological polar surface area (TPSA) is 189 Å². The minimum absolute atomic E-state index is 0.120. The summed E-state index contributed by atoms with van der Waals surface area (Å²) in [5.74, 6) is 0.794. The number of urea groups is 1. The van der Waals surface area contributed by atoms with Crippen LogP contribution in [0.15, 0.2) is 35.7 Å². The average molecular weight is 850 g/mol. The SMILES string of the molecule is COc1ccc2c(O[C@@H]3C[C@@H](C)N(C(=O)[C@H](CCCCC/C=C\[C@@H]4C[C@]4(NC=O)C(=O)NS(=O)(=O)C4CC4)NC(=O)N(C)C)C3)cc(-c3nc(C4CC4)cs3)nc2c1C. The molecule has 3 N–H and O–H groups in total. The first-order valence-corrected chi connectivity index (χ1v) is 23.0. The zero-order valence-electron chi connectivity index (χ0n) is 34.4. The molecule has 0 spiro atoms. The van der Waals surface area contributed by atoms with Gasteiger partial charge in [0.15, 0.2) is 0 Å². The van der Waals surface area contributed by atoms with Gasteiger partial charge in [0.05, 0.1) is 30.1 Å². The predicted molar refractivity (Wildman–Crippen MR) is 225 cm³/mol. The number of thiazole rings is 1. The Morgan fingerprint density at radius 2 is 1.88 bits per heavy atom. The third-order valence-corrected chi connectivity index (χ3v) is 14.6. The normalized spacial score (nSPS) is 23.2. The standard InChI is InChI=1S/C42H55N7O8S2/c1-25-19-29(57-36-20-33(38-45-34(23-58-38)27-13-14-27)44-37-26(2)35(56-5)18-17-31(36)37)22-49(25)39(51)32(46-41(53)48(3)4)12-10-8-6-7-9-11-28-21-42(28,43-24-50)40(52)47-59(54,55)30-15-16-30/h9,11,17-18,20,23-25,27-30,32H,6-8,10,12-16,19,21-22H2,1-5H3,(H,43,50)(H,46,53)(H,47,52)/b11-9-/t25-,28-,29-,32+,42-/m1/s1. The number of unbranched alkanes of at least 4 members (excludes halogenated alkanes) is 3. The van der Waals surface area contributed by atoms with Crippen LogP contribution in [0.2, 0.25) is 0 Å². The molecule has 3 aromatic rings. The molecule has 3 aliphatic carbocycles. The third-order valence-electron chi connectivity index (χ3n) is 11.9. The first-order valence-electron chi connectivity index (χ1n) is 20.6. The van der Waals surface area contributed by atoms with Crippen molar-refractivity contribution in [1.29, 1.82) is 0 Å². The number of nitrogens with one attached hydrogen (secondary N) is 3. The lowest BCUT2D eigenvalue weighted by molar-refractivity contribution is -0.134. The van der Waals surface area contributed by atoms with E-state index in [1.807, 2.05) is 49.1 Å². The number of rotatable bonds is 19. The molecule has 318 valence electrons. The number of sulfonamides is 1. The average Bonchev–Trinajstić information content (AvgIpc) is 4.15. The summed E-state index contributed by atoms with van der Waals surface area (Å²) >= 11 is 1.59. The van der Waals surface area contributed by atoms with Gasteiger partial charge in [-0.1, -0.05) is 25.0 Å². The maximum atomic E-state index is 14.2. The molecule has 0 radical (unpaired) electrons. The van der Waals surface area contributed by atoms with Gasteiger partial charge < -0.3 is 29.9 Å². The number of ether oxygens (including phenoxy) is 2. The first-order chi connectivity index (χ1) is 28.2. The Labute approximate surface area is 349 Å². The summed E-state index contributed by atoms with van der Waals surface area (Å²) in [6.45, 7) is 4.36. The molecule has 1 saturated heterocycles. The molecule has 4 aliphatic rings. The van der Waals surface area contributed by atoms with E-state index in [2.05, 4.69) is 20.7 Å². The lowest BCUT2D eigenvalue weighted by atomic mass is 10.0. The molecule has 0 unspecified atom stereocenters. The van der Waals surface area contributed by atoms with Crippen molar-refractivity contribution in [3.63, 3.8) is 0 Å². The molecule has 1 aliphatic heterocycles. The lowest BCUT2D eigenvalue weighted by Gasteiger charge is -2.28. The molecule has 0 bridgehead atoms. The fourth-order valence-electron chi connectivity index (χ4n) is 7.92. The highest BCUT2D eigenvalue weighted by atomic mass is 32.2. The van der Waals surface area contributed by atoms with Crippen LogP contribution in [0, 0.1) is 12.8 Å². The van der Waals surface area contributed by atoms with Gasteiger partial charge in [0.2, 0.25) is 22.3 Å². The second-order valence-corrected chi connectivity index (χ2v) is 19.5. The molecule has 5 atom stereocenters. The maximum Gasteiger partial charge on any atom is 0.317 e. The summed E-state index contributed by atoms with van der Waals surface area (Å²) in [7, 11) is 1.20. The van der Waals surface area contributed by atoms with Crippen LogP contribution in [0.4, 0.5) is 4.79 Å². The molecule has 15 nitrogen and oxygen atoms in total. The molecule has 4 fully saturated rings. The van der Waals surface area contributed by atoms with E-state index < -0.39 is 32.8 Å². The van der Waals surface area contributed by atoms with Crippen LogP contribution in [0.5, 0.6) is 11.5 Å². The first kappa shape index (κ1) is 42.4. The van der Waals surface area contributed by atoms with E-state index in [1.54, 1.807) is 32.5 Å².